The molecule has 2 rings (SSSR count). The van der Waals surface area contributed by atoms with E-state index >= 15 is 0 Å². The van der Waals surface area contributed by atoms with Crippen molar-refractivity contribution in [2.75, 3.05) is 19.7 Å². The quantitative estimate of drug-likeness (QED) is 0.703. The first-order chi connectivity index (χ1) is 7.17. The van der Waals surface area contributed by atoms with Crippen LogP contribution in [-0.2, 0) is 9.53 Å². The molecular formula is C11H20N2O2. The molecule has 15 heavy (non-hydrogen) atoms. The van der Waals surface area contributed by atoms with Gasteiger partial charge in [-0.3, -0.25) is 4.79 Å². The highest BCUT2D eigenvalue weighted by molar-refractivity contribution is 5.81. The second-order valence-electron chi connectivity index (χ2n) is 4.98. The van der Waals surface area contributed by atoms with Gasteiger partial charge in [0.2, 0.25) is 5.91 Å². The van der Waals surface area contributed by atoms with E-state index in [9.17, 15) is 4.79 Å². The van der Waals surface area contributed by atoms with E-state index in [0.717, 1.165) is 25.8 Å². The van der Waals surface area contributed by atoms with Gasteiger partial charge in [-0.1, -0.05) is 6.92 Å². The van der Waals surface area contributed by atoms with Crippen LogP contribution in [-0.4, -0.2) is 31.7 Å². The van der Waals surface area contributed by atoms with Gasteiger partial charge in [0.15, 0.2) is 0 Å². The van der Waals surface area contributed by atoms with Crippen molar-refractivity contribution in [1.82, 2.24) is 5.32 Å². The third-order valence-electron chi connectivity index (χ3n) is 3.67. The van der Waals surface area contributed by atoms with E-state index in [2.05, 4.69) is 12.2 Å². The number of ether oxygens (including phenoxy) is 1. The third-order valence-corrected chi connectivity index (χ3v) is 3.67. The molecule has 1 aliphatic carbocycles. The monoisotopic (exact) mass is 212 g/mol. The largest absolute Gasteiger partial charge is 0.368 e. The molecule has 1 amide bonds. The molecule has 2 fully saturated rings. The summed E-state index contributed by atoms with van der Waals surface area (Å²) in [5.74, 6) is 0.387. The van der Waals surface area contributed by atoms with Gasteiger partial charge < -0.3 is 15.8 Å². The van der Waals surface area contributed by atoms with E-state index in [0.29, 0.717) is 19.1 Å². The van der Waals surface area contributed by atoms with E-state index in [4.69, 9.17) is 10.5 Å². The van der Waals surface area contributed by atoms with Gasteiger partial charge in [0.05, 0.1) is 0 Å². The highest BCUT2D eigenvalue weighted by atomic mass is 16.5. The SMILES string of the molecule is CC1CCOC1C(=O)NCC1(CN)CC1. The van der Waals surface area contributed by atoms with Crippen LogP contribution in [0.15, 0.2) is 0 Å². The van der Waals surface area contributed by atoms with E-state index in [-0.39, 0.29) is 17.4 Å². The lowest BCUT2D eigenvalue weighted by Crippen LogP contribution is -2.41. The molecule has 1 aliphatic heterocycles. The second-order valence-corrected chi connectivity index (χ2v) is 4.98. The smallest absolute Gasteiger partial charge is 0.249 e. The number of carbonyl (C=O) groups is 1. The highest BCUT2D eigenvalue weighted by Gasteiger charge is 2.42. The molecule has 86 valence electrons. The van der Waals surface area contributed by atoms with Crippen LogP contribution in [0.25, 0.3) is 0 Å². The molecule has 0 aromatic rings. The summed E-state index contributed by atoms with van der Waals surface area (Å²) in [6.07, 6.45) is 3.04. The summed E-state index contributed by atoms with van der Waals surface area (Å²) in [6.45, 7) is 4.16. The van der Waals surface area contributed by atoms with Crippen molar-refractivity contribution in [2.24, 2.45) is 17.1 Å². The van der Waals surface area contributed by atoms with E-state index in [1.54, 1.807) is 0 Å². The summed E-state index contributed by atoms with van der Waals surface area (Å²) < 4.78 is 5.40. The van der Waals surface area contributed by atoms with Crippen molar-refractivity contribution in [3.8, 4) is 0 Å². The second kappa shape index (κ2) is 4.10. The van der Waals surface area contributed by atoms with Crippen molar-refractivity contribution in [3.63, 3.8) is 0 Å². The van der Waals surface area contributed by atoms with Gasteiger partial charge in [0.1, 0.15) is 6.10 Å². The molecule has 0 radical (unpaired) electrons. The summed E-state index contributed by atoms with van der Waals surface area (Å²) >= 11 is 0. The Hall–Kier alpha value is -0.610. The lowest BCUT2D eigenvalue weighted by Gasteiger charge is -2.17. The normalized spacial score (nSPS) is 32.7. The van der Waals surface area contributed by atoms with E-state index < -0.39 is 0 Å². The number of nitrogens with two attached hydrogens (primary N) is 1. The number of amides is 1. The number of nitrogens with one attached hydrogen (secondary N) is 1. The minimum Gasteiger partial charge on any atom is -0.368 e. The number of carbonyl (C=O) groups excluding carboxylic acids is 1. The minimum absolute atomic E-state index is 0.0414. The van der Waals surface area contributed by atoms with Gasteiger partial charge >= 0.3 is 0 Å². The molecule has 1 saturated carbocycles. The standard InChI is InChI=1S/C11H20N2O2/c1-8-2-5-15-9(8)10(14)13-7-11(6-12)3-4-11/h8-9H,2-7,12H2,1H3,(H,13,14). The van der Waals surface area contributed by atoms with Crippen LogP contribution in [0.5, 0.6) is 0 Å². The van der Waals surface area contributed by atoms with Crippen LogP contribution >= 0.6 is 0 Å². The van der Waals surface area contributed by atoms with Crippen LogP contribution in [0.2, 0.25) is 0 Å². The predicted octanol–water partition coefficient (Wildman–Crippen LogP) is 0.267. The van der Waals surface area contributed by atoms with Gasteiger partial charge in [-0.25, -0.2) is 0 Å². The molecule has 1 heterocycles. The summed E-state index contributed by atoms with van der Waals surface area (Å²) in [5.41, 5.74) is 5.86. The van der Waals surface area contributed by atoms with Crippen LogP contribution in [0.1, 0.15) is 26.2 Å². The maximum absolute atomic E-state index is 11.8. The maximum Gasteiger partial charge on any atom is 0.249 e. The zero-order valence-corrected chi connectivity index (χ0v) is 9.29. The Morgan fingerprint density at radius 2 is 2.33 bits per heavy atom. The molecular weight excluding hydrogens is 192 g/mol. The fraction of sp³-hybridized carbons (Fsp3) is 0.909. The van der Waals surface area contributed by atoms with Gasteiger partial charge in [-0.2, -0.15) is 0 Å². The average Bonchev–Trinajstić information content (AvgIpc) is 2.91. The molecule has 2 atom stereocenters. The third kappa shape index (κ3) is 2.32. The Morgan fingerprint density at radius 3 is 2.80 bits per heavy atom. The number of hydrogen-bond donors (Lipinski definition) is 2. The summed E-state index contributed by atoms with van der Waals surface area (Å²) in [6, 6.07) is 0. The van der Waals surface area contributed by atoms with Gasteiger partial charge in [-0.15, -0.1) is 0 Å². The maximum atomic E-state index is 11.8. The highest BCUT2D eigenvalue weighted by Crippen LogP contribution is 2.43. The van der Waals surface area contributed by atoms with E-state index in [1.165, 1.54) is 0 Å². The van der Waals surface area contributed by atoms with Crippen molar-refractivity contribution < 1.29 is 9.53 Å². The van der Waals surface area contributed by atoms with Crippen molar-refractivity contribution in [2.45, 2.75) is 32.3 Å². The molecule has 4 nitrogen and oxygen atoms in total. The first-order valence-electron chi connectivity index (χ1n) is 5.76. The molecule has 1 saturated heterocycles. The fourth-order valence-corrected chi connectivity index (χ4v) is 2.04. The summed E-state index contributed by atoms with van der Waals surface area (Å²) in [4.78, 5) is 11.8. The molecule has 4 heteroatoms. The Morgan fingerprint density at radius 1 is 1.60 bits per heavy atom. The van der Waals surface area contributed by atoms with Crippen LogP contribution < -0.4 is 11.1 Å². The Labute approximate surface area is 90.5 Å². The minimum atomic E-state index is -0.237. The van der Waals surface area contributed by atoms with Gasteiger partial charge in [0, 0.05) is 13.2 Å². The summed E-state index contributed by atoms with van der Waals surface area (Å²) in [7, 11) is 0. The van der Waals surface area contributed by atoms with E-state index in [1.807, 2.05) is 0 Å². The zero-order chi connectivity index (χ0) is 10.9. The van der Waals surface area contributed by atoms with Gasteiger partial charge in [-0.05, 0) is 37.1 Å². The Kier molecular flexibility index (Phi) is 2.98. The molecule has 2 unspecified atom stereocenters. The lowest BCUT2D eigenvalue weighted by atomic mass is 10.0. The fourth-order valence-electron chi connectivity index (χ4n) is 2.04. The average molecular weight is 212 g/mol. The number of rotatable bonds is 4. The Bertz CT molecular complexity index is 251. The molecule has 0 aromatic heterocycles. The molecule has 0 bridgehead atoms. The van der Waals surface area contributed by atoms with Crippen molar-refractivity contribution in [3.05, 3.63) is 0 Å². The first-order valence-corrected chi connectivity index (χ1v) is 5.76. The molecule has 2 aliphatic rings. The Balaban J connectivity index is 1.77. The summed E-state index contributed by atoms with van der Waals surface area (Å²) in [5, 5.41) is 2.96. The van der Waals surface area contributed by atoms with Crippen LogP contribution in [0.3, 0.4) is 0 Å². The molecule has 3 N–H and O–H groups in total. The van der Waals surface area contributed by atoms with Crippen molar-refractivity contribution >= 4 is 5.91 Å². The lowest BCUT2D eigenvalue weighted by molar-refractivity contribution is -0.131. The van der Waals surface area contributed by atoms with Crippen molar-refractivity contribution in [1.29, 1.82) is 0 Å². The van der Waals surface area contributed by atoms with Gasteiger partial charge in [0.25, 0.3) is 0 Å². The first kappa shape index (κ1) is 10.9. The van der Waals surface area contributed by atoms with Crippen LogP contribution in [0, 0.1) is 11.3 Å². The molecule has 0 aromatic carbocycles. The number of hydrogen-bond acceptors (Lipinski definition) is 3. The molecule has 0 spiro atoms. The predicted molar refractivity (Wildman–Crippen MR) is 57.3 cm³/mol. The topological polar surface area (TPSA) is 64.3 Å². The van der Waals surface area contributed by atoms with Crippen LogP contribution in [0.4, 0.5) is 0 Å². The zero-order valence-electron chi connectivity index (χ0n) is 9.29.